The molecule has 5 rings (SSSR count). The van der Waals surface area contributed by atoms with Crippen LogP contribution in [0.2, 0.25) is 0 Å². The van der Waals surface area contributed by atoms with Crippen LogP contribution in [-0.4, -0.2) is 6.79 Å². The van der Waals surface area contributed by atoms with Crippen LogP contribution in [0.4, 0.5) is 0 Å². The van der Waals surface area contributed by atoms with Gasteiger partial charge in [-0.15, -0.1) is 11.5 Å². The molecule has 0 atom stereocenters. The number of hydrogen-bond acceptors (Lipinski definition) is 4. The largest absolute Gasteiger partial charge is 0.102 e. The number of hydrogen-bond donors (Lipinski definition) is 0. The Kier molecular flexibility index (Phi) is 17.7. The topological polar surface area (TPSA) is 124 Å². The quantitative estimate of drug-likeness (QED) is 0.184. The smallest absolute Gasteiger partial charge is 0.0620 e. The van der Waals surface area contributed by atoms with Gasteiger partial charge in [0.15, 0.2) is 11.5 Å². The van der Waals surface area contributed by atoms with Crippen LogP contribution >= 0.6 is 7.92 Å². The van der Waals surface area contributed by atoms with Crippen LogP contribution in [0.3, 0.4) is 0 Å². The summed E-state index contributed by atoms with van der Waals surface area (Å²) >= 11 is 0. The van der Waals surface area contributed by atoms with Crippen LogP contribution in [-0.2, 0) is 34.4 Å². The Bertz CT molecular complexity index is 1180. The second-order valence-corrected chi connectivity index (χ2v) is 9.93. The zero-order chi connectivity index (χ0) is 28.5. The number of benzene rings is 4. The molecule has 4 aromatic rings. The van der Waals surface area contributed by atoms with Gasteiger partial charge >= 0.3 is 33.9 Å². The van der Waals surface area contributed by atoms with Crippen LogP contribution in [0.1, 0.15) is 11.1 Å². The van der Waals surface area contributed by atoms with Gasteiger partial charge < -0.3 is 19.7 Å². The second kappa shape index (κ2) is 19.5. The molecule has 9 heteroatoms. The summed E-state index contributed by atoms with van der Waals surface area (Å²) in [6, 6.07) is 32.5. The zero-order valence-electron chi connectivity index (χ0n) is 21.1. The fraction of sp³-hybridized carbons (Fsp3) is 0.100. The molecule has 1 radical (unpaired) electrons. The molecule has 1 aliphatic heterocycles. The van der Waals surface area contributed by atoms with Crippen molar-refractivity contribution in [3.8, 4) is 23.0 Å². The van der Waals surface area contributed by atoms with Gasteiger partial charge in [0.2, 0.25) is 6.79 Å². The Balaban J connectivity index is 0.000000634. The molecule has 0 N–H and O–H groups in total. The molecule has 4 aromatic carbocycles. The minimum atomic E-state index is -0.877. The average molecular weight is 714 g/mol. The van der Waals surface area contributed by atoms with E-state index < -0.39 is 19.4 Å². The van der Waals surface area contributed by atoms with E-state index in [1.165, 1.54) is 15.9 Å². The molecule has 0 fully saturated rings. The third-order valence-electron chi connectivity index (χ3n) is 5.37. The first-order valence-corrected chi connectivity index (χ1v) is 12.5. The van der Waals surface area contributed by atoms with Crippen molar-refractivity contribution in [2.45, 2.75) is 13.8 Å². The summed E-state index contributed by atoms with van der Waals surface area (Å²) in [6.45, 7) is 16.7. The first-order chi connectivity index (χ1) is 18.6. The van der Waals surface area contributed by atoms with Crippen molar-refractivity contribution >= 4 is 23.8 Å². The van der Waals surface area contributed by atoms with Crippen molar-refractivity contribution in [1.82, 2.24) is 0 Å². The van der Waals surface area contributed by atoms with Gasteiger partial charge in [-0.1, -0.05) is 54.6 Å². The van der Waals surface area contributed by atoms with Crippen molar-refractivity contribution in [1.29, 1.82) is 0 Å². The summed E-state index contributed by atoms with van der Waals surface area (Å²) in [5, 5.41) is 26.9. The minimum Gasteiger partial charge on any atom is -0.0620 e. The molecule has 0 unspecified atom stereocenters. The summed E-state index contributed by atoms with van der Waals surface area (Å²) in [5.41, 5.74) is 0.672. The average Bonchev–Trinajstić information content (AvgIpc) is 3.51. The van der Waals surface area contributed by atoms with Gasteiger partial charge in [0, 0.05) is 20.4 Å². The van der Waals surface area contributed by atoms with Crippen LogP contribution in [0, 0.1) is 33.8 Å². The molecule has 1 heterocycles. The van der Waals surface area contributed by atoms with E-state index in [9.17, 15) is 10.2 Å². The molecule has 0 saturated heterocycles. The molecule has 0 spiro atoms. The van der Waals surface area contributed by atoms with E-state index in [4.69, 9.17) is 23.4 Å². The molecule has 0 saturated carbocycles. The molecule has 0 aromatic heterocycles. The Morgan fingerprint density at radius 1 is 0.564 bits per heavy atom. The number of fused-ring (bicyclic) bond motifs is 1. The predicted molar refractivity (Wildman–Crippen MR) is 139 cm³/mol. The first-order valence-electron chi connectivity index (χ1n) is 11.0. The van der Waals surface area contributed by atoms with E-state index in [0.29, 0.717) is 22.6 Å². The Morgan fingerprint density at radius 2 is 0.821 bits per heavy atom. The molecule has 0 amide bonds. The van der Waals surface area contributed by atoms with Crippen molar-refractivity contribution in [2.24, 2.45) is 0 Å². The van der Waals surface area contributed by atoms with Crippen molar-refractivity contribution < 1.29 is 54.1 Å². The van der Waals surface area contributed by atoms with Crippen LogP contribution in [0.25, 0.3) is 0 Å². The summed E-state index contributed by atoms with van der Waals surface area (Å²) in [4.78, 5) is 0. The van der Waals surface area contributed by atoms with Crippen molar-refractivity contribution in [3.05, 3.63) is 122 Å². The van der Waals surface area contributed by atoms with E-state index in [0.717, 1.165) is 0 Å². The Morgan fingerprint density at radius 3 is 1.08 bits per heavy atom. The van der Waals surface area contributed by atoms with E-state index in [1.807, 2.05) is 0 Å². The summed E-state index contributed by atoms with van der Waals surface area (Å²) in [5.74, 6) is -0.160. The van der Waals surface area contributed by atoms with Crippen molar-refractivity contribution in [2.75, 3.05) is 6.79 Å². The third kappa shape index (κ3) is 9.27. The summed E-state index contributed by atoms with van der Waals surface area (Å²) in [6.07, 6.45) is 0. The summed E-state index contributed by atoms with van der Waals surface area (Å²) < 4.78 is 32.7. The fourth-order valence-corrected chi connectivity index (χ4v) is 6.27. The Hall–Kier alpha value is -3.61. The normalized spacial score (nSPS) is 9.77. The maximum atomic E-state index is 11.3. The van der Waals surface area contributed by atoms with Gasteiger partial charge in [0.1, 0.15) is 15.9 Å². The standard InChI is InChI=1S/C18H15P.C9H10O4.3CO.Re/c1-4-10-16(11-5-1)19(17-12-6-2-7-13-17)18-14-8-3-9-15-18;1-4-6(10)7(11)5(2)9-8(4)12-3-13-9;3*1-2;/h1-15H;10-11H,3H2,1-2H3;;;;/p-1. The fourth-order valence-electron chi connectivity index (χ4n) is 3.70. The predicted octanol–water partition coefficient (Wildman–Crippen LogP) is 3.24. The molecule has 199 valence electrons. The van der Waals surface area contributed by atoms with E-state index in [2.05, 4.69) is 111 Å². The van der Waals surface area contributed by atoms with Gasteiger partial charge in [-0.3, -0.25) is 0 Å². The minimum absolute atomic E-state index is 0. The van der Waals surface area contributed by atoms with Crippen molar-refractivity contribution in [3.63, 3.8) is 0 Å². The molecule has 0 aliphatic carbocycles. The van der Waals surface area contributed by atoms with Gasteiger partial charge in [-0.05, 0) is 61.4 Å². The second-order valence-electron chi connectivity index (χ2n) is 7.45. The van der Waals surface area contributed by atoms with E-state index >= 15 is 0 Å². The molecule has 39 heavy (non-hydrogen) atoms. The van der Waals surface area contributed by atoms with Gasteiger partial charge in [-0.2, -0.15) is 0 Å². The van der Waals surface area contributed by atoms with E-state index in [1.54, 1.807) is 13.8 Å². The maximum Gasteiger partial charge on any atom is 0.102 e. The van der Waals surface area contributed by atoms with Crippen LogP contribution in [0.5, 0.6) is 23.0 Å². The maximum absolute atomic E-state index is 11.3. The zero-order valence-corrected chi connectivity index (χ0v) is 24.8. The molecule has 1 aliphatic rings. The van der Waals surface area contributed by atoms with Gasteiger partial charge in [0.25, 0.3) is 0 Å². The van der Waals surface area contributed by atoms with Gasteiger partial charge in [0.05, 0.1) is 7.92 Å². The SMILES string of the molecule is Cc1c([O-])c([O-])c(C)c2c1OCO2.[C-]#[O+].[C-]#[O+].[C-]#[O+].[Re].c1ccc([PH+](c2ccccc2)c2ccccc2)cc1. The summed E-state index contributed by atoms with van der Waals surface area (Å²) in [7, 11) is -0.877. The molecule has 0 bridgehead atoms. The van der Waals surface area contributed by atoms with Gasteiger partial charge in [-0.25, -0.2) is 0 Å². The Labute approximate surface area is 243 Å². The van der Waals surface area contributed by atoms with E-state index in [-0.39, 0.29) is 27.2 Å². The first kappa shape index (κ1) is 35.4. The molecule has 7 nitrogen and oxygen atoms in total. The molecular formula is C30H24O7PRe-. The third-order valence-corrected chi connectivity index (χ3v) is 8.10. The van der Waals surface area contributed by atoms with Crippen LogP contribution in [0.15, 0.2) is 91.0 Å². The monoisotopic (exact) mass is 714 g/mol. The number of rotatable bonds is 3. The van der Waals surface area contributed by atoms with Crippen LogP contribution < -0.4 is 35.6 Å². The number of ether oxygens (including phenoxy) is 2. The molecular weight excluding hydrogens is 690 g/mol.